The molecule has 0 spiro atoms. The number of halogens is 1. The highest BCUT2D eigenvalue weighted by molar-refractivity contribution is 7.99. The summed E-state index contributed by atoms with van der Waals surface area (Å²) < 4.78 is 0. The van der Waals surface area contributed by atoms with E-state index >= 15 is 0 Å². The van der Waals surface area contributed by atoms with Crippen LogP contribution in [-0.2, 0) is 4.79 Å². The van der Waals surface area contributed by atoms with Crippen molar-refractivity contribution >= 4 is 35.0 Å². The van der Waals surface area contributed by atoms with Crippen LogP contribution in [0.5, 0.6) is 0 Å². The number of aryl methyl sites for hydroxylation is 2. The number of hydrogen-bond donors (Lipinski definition) is 0. The van der Waals surface area contributed by atoms with Gasteiger partial charge < -0.3 is 9.80 Å². The van der Waals surface area contributed by atoms with E-state index in [0.717, 1.165) is 48.3 Å². The van der Waals surface area contributed by atoms with Crippen molar-refractivity contribution in [1.82, 2.24) is 14.9 Å². The molecule has 0 bridgehead atoms. The number of anilines is 1. The number of carbonyl (C=O) groups is 1. The van der Waals surface area contributed by atoms with Crippen molar-refractivity contribution in [2.75, 3.05) is 36.8 Å². The first-order chi connectivity index (χ1) is 12.0. The summed E-state index contributed by atoms with van der Waals surface area (Å²) in [4.78, 5) is 25.4. The number of amides is 1. The smallest absolute Gasteiger partial charge is 0.233 e. The van der Waals surface area contributed by atoms with Crippen LogP contribution in [0.1, 0.15) is 11.4 Å². The number of thioether (sulfide) groups is 1. The molecule has 2 heterocycles. The standard InChI is InChI=1S/C18H21ClN4OS/c1-13-10-14(2)21-18(20-13)25-12-17(24)23-8-6-22(7-9-23)16-5-3-4-15(19)11-16/h3-5,10-11H,6-9,12H2,1-2H3. The van der Waals surface area contributed by atoms with Gasteiger partial charge in [0.2, 0.25) is 5.91 Å². The molecule has 1 amide bonds. The molecule has 132 valence electrons. The quantitative estimate of drug-likeness (QED) is 0.606. The summed E-state index contributed by atoms with van der Waals surface area (Å²) >= 11 is 7.46. The Kier molecular flexibility index (Phi) is 5.81. The molecule has 1 aliphatic heterocycles. The molecule has 1 fully saturated rings. The summed E-state index contributed by atoms with van der Waals surface area (Å²) in [6.45, 7) is 6.96. The molecule has 0 radical (unpaired) electrons. The SMILES string of the molecule is Cc1cc(C)nc(SCC(=O)N2CCN(c3cccc(Cl)c3)CC2)n1. The number of benzene rings is 1. The summed E-state index contributed by atoms with van der Waals surface area (Å²) in [5, 5.41) is 1.41. The first-order valence-electron chi connectivity index (χ1n) is 8.24. The number of hydrogen-bond acceptors (Lipinski definition) is 5. The summed E-state index contributed by atoms with van der Waals surface area (Å²) in [6.07, 6.45) is 0. The Bertz CT molecular complexity index is 742. The van der Waals surface area contributed by atoms with Crippen LogP contribution in [0.25, 0.3) is 0 Å². The molecule has 1 aromatic heterocycles. The first kappa shape index (κ1) is 18.0. The fraction of sp³-hybridized carbons (Fsp3) is 0.389. The zero-order valence-electron chi connectivity index (χ0n) is 14.4. The molecule has 0 saturated carbocycles. The van der Waals surface area contributed by atoms with Gasteiger partial charge in [-0.1, -0.05) is 29.4 Å². The largest absolute Gasteiger partial charge is 0.368 e. The van der Waals surface area contributed by atoms with E-state index in [1.807, 2.05) is 43.0 Å². The minimum absolute atomic E-state index is 0.138. The Balaban J connectivity index is 1.51. The molecule has 3 rings (SSSR count). The van der Waals surface area contributed by atoms with Crippen molar-refractivity contribution in [2.24, 2.45) is 0 Å². The van der Waals surface area contributed by atoms with Crippen LogP contribution in [0.4, 0.5) is 5.69 Å². The lowest BCUT2D eigenvalue weighted by Crippen LogP contribution is -2.49. The highest BCUT2D eigenvalue weighted by atomic mass is 35.5. The number of carbonyl (C=O) groups excluding carboxylic acids is 1. The average Bonchev–Trinajstić information content (AvgIpc) is 2.59. The van der Waals surface area contributed by atoms with Crippen LogP contribution in [-0.4, -0.2) is 52.7 Å². The van der Waals surface area contributed by atoms with E-state index in [1.165, 1.54) is 11.8 Å². The lowest BCUT2D eigenvalue weighted by atomic mass is 10.2. The van der Waals surface area contributed by atoms with Gasteiger partial charge >= 0.3 is 0 Å². The summed E-state index contributed by atoms with van der Waals surface area (Å²) in [5.41, 5.74) is 2.97. The van der Waals surface area contributed by atoms with E-state index in [9.17, 15) is 4.79 Å². The van der Waals surface area contributed by atoms with Gasteiger partial charge in [0.1, 0.15) is 0 Å². The van der Waals surface area contributed by atoms with Gasteiger partial charge in [0.15, 0.2) is 5.16 Å². The summed E-state index contributed by atoms with van der Waals surface area (Å²) in [6, 6.07) is 9.77. The predicted octanol–water partition coefficient (Wildman–Crippen LogP) is 3.19. The fourth-order valence-electron chi connectivity index (χ4n) is 2.86. The van der Waals surface area contributed by atoms with E-state index in [2.05, 4.69) is 20.9 Å². The minimum atomic E-state index is 0.138. The average molecular weight is 377 g/mol. The van der Waals surface area contributed by atoms with Gasteiger partial charge in [0, 0.05) is 48.3 Å². The highest BCUT2D eigenvalue weighted by Crippen LogP contribution is 2.21. The molecule has 5 nitrogen and oxygen atoms in total. The van der Waals surface area contributed by atoms with Crippen molar-refractivity contribution in [1.29, 1.82) is 0 Å². The fourth-order valence-corrected chi connectivity index (χ4v) is 3.90. The molecule has 0 N–H and O–H groups in total. The Hall–Kier alpha value is -1.79. The monoisotopic (exact) mass is 376 g/mol. The Labute approximate surface area is 157 Å². The summed E-state index contributed by atoms with van der Waals surface area (Å²) in [7, 11) is 0. The van der Waals surface area contributed by atoms with Gasteiger partial charge in [-0.15, -0.1) is 0 Å². The molecule has 2 aromatic rings. The zero-order chi connectivity index (χ0) is 17.8. The van der Waals surface area contributed by atoms with Crippen molar-refractivity contribution in [3.8, 4) is 0 Å². The molecule has 0 atom stereocenters. The highest BCUT2D eigenvalue weighted by Gasteiger charge is 2.21. The zero-order valence-corrected chi connectivity index (χ0v) is 16.0. The van der Waals surface area contributed by atoms with Gasteiger partial charge in [-0.3, -0.25) is 4.79 Å². The van der Waals surface area contributed by atoms with Crippen LogP contribution in [0.2, 0.25) is 5.02 Å². The molecule has 25 heavy (non-hydrogen) atoms. The van der Waals surface area contributed by atoms with E-state index in [4.69, 9.17) is 11.6 Å². The van der Waals surface area contributed by atoms with Gasteiger partial charge in [0.05, 0.1) is 5.75 Å². The van der Waals surface area contributed by atoms with Gasteiger partial charge in [-0.2, -0.15) is 0 Å². The van der Waals surface area contributed by atoms with Gasteiger partial charge in [-0.25, -0.2) is 9.97 Å². The number of piperazine rings is 1. The van der Waals surface area contributed by atoms with Crippen molar-refractivity contribution in [3.05, 3.63) is 46.7 Å². The normalized spacial score (nSPS) is 14.7. The van der Waals surface area contributed by atoms with Crippen LogP contribution in [0.3, 0.4) is 0 Å². The van der Waals surface area contributed by atoms with Crippen molar-refractivity contribution in [3.63, 3.8) is 0 Å². The number of rotatable bonds is 4. The second kappa shape index (κ2) is 8.06. The van der Waals surface area contributed by atoms with Gasteiger partial charge in [-0.05, 0) is 38.1 Å². The third-order valence-corrected chi connectivity index (χ3v) is 5.16. The first-order valence-corrected chi connectivity index (χ1v) is 9.61. The van der Waals surface area contributed by atoms with E-state index in [-0.39, 0.29) is 5.91 Å². The second-order valence-electron chi connectivity index (χ2n) is 6.07. The second-order valence-corrected chi connectivity index (χ2v) is 7.45. The maximum Gasteiger partial charge on any atom is 0.233 e. The van der Waals surface area contributed by atoms with E-state index < -0.39 is 0 Å². The molecular formula is C18H21ClN4OS. The maximum atomic E-state index is 12.4. The number of nitrogens with zero attached hydrogens (tertiary/aromatic N) is 4. The van der Waals surface area contributed by atoms with Crippen molar-refractivity contribution < 1.29 is 4.79 Å². The molecule has 0 aliphatic carbocycles. The minimum Gasteiger partial charge on any atom is -0.368 e. The Morgan fingerprint density at radius 1 is 1.12 bits per heavy atom. The third kappa shape index (κ3) is 4.86. The topological polar surface area (TPSA) is 49.3 Å². The maximum absolute atomic E-state index is 12.4. The van der Waals surface area contributed by atoms with E-state index in [1.54, 1.807) is 0 Å². The van der Waals surface area contributed by atoms with Crippen LogP contribution in [0.15, 0.2) is 35.5 Å². The molecule has 7 heteroatoms. The predicted molar refractivity (Wildman–Crippen MR) is 102 cm³/mol. The lowest BCUT2D eigenvalue weighted by molar-refractivity contribution is -0.128. The van der Waals surface area contributed by atoms with Crippen LogP contribution < -0.4 is 4.90 Å². The van der Waals surface area contributed by atoms with Crippen molar-refractivity contribution in [2.45, 2.75) is 19.0 Å². The molecular weight excluding hydrogens is 356 g/mol. The van der Waals surface area contributed by atoms with Crippen LogP contribution >= 0.6 is 23.4 Å². The third-order valence-electron chi connectivity index (χ3n) is 4.09. The molecule has 1 aromatic carbocycles. The summed E-state index contributed by atoms with van der Waals surface area (Å²) in [5.74, 6) is 0.513. The number of aromatic nitrogens is 2. The lowest BCUT2D eigenvalue weighted by Gasteiger charge is -2.36. The van der Waals surface area contributed by atoms with Crippen LogP contribution in [0, 0.1) is 13.8 Å². The Morgan fingerprint density at radius 3 is 2.44 bits per heavy atom. The van der Waals surface area contributed by atoms with E-state index in [0.29, 0.717) is 10.9 Å². The van der Waals surface area contributed by atoms with Gasteiger partial charge in [0.25, 0.3) is 0 Å². The molecule has 1 aliphatic rings. The Morgan fingerprint density at radius 2 is 1.80 bits per heavy atom. The molecule has 1 saturated heterocycles. The molecule has 0 unspecified atom stereocenters.